The number of hydrogen-bond acceptors (Lipinski definition) is 4. The lowest BCUT2D eigenvalue weighted by atomic mass is 10.1. The first-order valence-electron chi connectivity index (χ1n) is 5.61. The van der Waals surface area contributed by atoms with Gasteiger partial charge in [-0.2, -0.15) is 0 Å². The van der Waals surface area contributed by atoms with Crippen LogP contribution in [0.25, 0.3) is 0 Å². The molecule has 0 aliphatic rings. The van der Waals surface area contributed by atoms with E-state index in [1.807, 2.05) is 0 Å². The van der Waals surface area contributed by atoms with Gasteiger partial charge in [-0.3, -0.25) is 0 Å². The first kappa shape index (κ1) is 11.4. The zero-order chi connectivity index (χ0) is 12.1. The number of nitrogens with two attached hydrogens (primary N) is 1. The van der Waals surface area contributed by atoms with Crippen molar-refractivity contribution in [1.29, 1.82) is 0 Å². The van der Waals surface area contributed by atoms with Gasteiger partial charge in [-0.1, -0.05) is 24.3 Å². The summed E-state index contributed by atoms with van der Waals surface area (Å²) in [7, 11) is 0. The molecule has 2 aromatic rings. The Bertz CT molecular complexity index is 479. The monoisotopic (exact) mass is 228 g/mol. The van der Waals surface area contributed by atoms with Crippen LogP contribution in [0.1, 0.15) is 11.1 Å². The first-order valence-corrected chi connectivity index (χ1v) is 5.61. The number of nitrogen functional groups attached to an aromatic ring is 1. The summed E-state index contributed by atoms with van der Waals surface area (Å²) < 4.78 is 0. The first-order chi connectivity index (χ1) is 8.25. The SMILES string of the molecule is Cc1ccccc1CCNc1cnc(N)cn1. The summed E-state index contributed by atoms with van der Waals surface area (Å²) in [6.45, 7) is 2.96. The lowest BCUT2D eigenvalue weighted by Gasteiger charge is -2.07. The molecule has 4 nitrogen and oxygen atoms in total. The molecule has 0 unspecified atom stereocenters. The van der Waals surface area contributed by atoms with Crippen molar-refractivity contribution in [3.8, 4) is 0 Å². The van der Waals surface area contributed by atoms with Gasteiger partial charge in [-0.15, -0.1) is 0 Å². The molecule has 2 rings (SSSR count). The van der Waals surface area contributed by atoms with E-state index in [4.69, 9.17) is 5.73 Å². The largest absolute Gasteiger partial charge is 0.382 e. The van der Waals surface area contributed by atoms with Crippen LogP contribution in [0.2, 0.25) is 0 Å². The van der Waals surface area contributed by atoms with E-state index < -0.39 is 0 Å². The van der Waals surface area contributed by atoms with Crippen LogP contribution in [0.5, 0.6) is 0 Å². The van der Waals surface area contributed by atoms with Gasteiger partial charge in [0.1, 0.15) is 11.6 Å². The van der Waals surface area contributed by atoms with E-state index in [1.165, 1.54) is 11.1 Å². The van der Waals surface area contributed by atoms with Crippen LogP contribution in [0, 0.1) is 6.92 Å². The number of nitrogens with one attached hydrogen (secondary N) is 1. The van der Waals surface area contributed by atoms with Gasteiger partial charge >= 0.3 is 0 Å². The third kappa shape index (κ3) is 3.17. The normalized spacial score (nSPS) is 10.2. The molecule has 1 aromatic heterocycles. The number of benzene rings is 1. The van der Waals surface area contributed by atoms with Gasteiger partial charge in [0.15, 0.2) is 0 Å². The van der Waals surface area contributed by atoms with Crippen LogP contribution in [0.3, 0.4) is 0 Å². The summed E-state index contributed by atoms with van der Waals surface area (Å²) in [5, 5.41) is 3.22. The molecular formula is C13H16N4. The Morgan fingerprint density at radius 1 is 1.18 bits per heavy atom. The fourth-order valence-electron chi connectivity index (χ4n) is 1.65. The highest BCUT2D eigenvalue weighted by Gasteiger charge is 1.98. The molecule has 1 aromatic carbocycles. The number of nitrogens with zero attached hydrogens (tertiary/aromatic N) is 2. The molecule has 0 aliphatic heterocycles. The maximum absolute atomic E-state index is 5.46. The quantitative estimate of drug-likeness (QED) is 0.840. The second-order valence-electron chi connectivity index (χ2n) is 3.93. The number of aromatic nitrogens is 2. The lowest BCUT2D eigenvalue weighted by Crippen LogP contribution is -2.07. The summed E-state index contributed by atoms with van der Waals surface area (Å²) >= 11 is 0. The van der Waals surface area contributed by atoms with E-state index in [2.05, 4.69) is 46.5 Å². The van der Waals surface area contributed by atoms with E-state index in [9.17, 15) is 0 Å². The van der Waals surface area contributed by atoms with Gasteiger partial charge in [0.25, 0.3) is 0 Å². The highest BCUT2D eigenvalue weighted by atomic mass is 15.0. The number of hydrogen-bond donors (Lipinski definition) is 2. The molecule has 0 amide bonds. The molecule has 0 fully saturated rings. The minimum atomic E-state index is 0.439. The molecule has 0 saturated carbocycles. The molecule has 0 saturated heterocycles. The van der Waals surface area contributed by atoms with Gasteiger partial charge in [-0.25, -0.2) is 9.97 Å². The third-order valence-corrected chi connectivity index (χ3v) is 2.63. The van der Waals surface area contributed by atoms with E-state index in [1.54, 1.807) is 12.4 Å². The zero-order valence-corrected chi connectivity index (χ0v) is 9.85. The molecule has 0 aliphatic carbocycles. The van der Waals surface area contributed by atoms with Gasteiger partial charge in [-0.05, 0) is 24.5 Å². The Labute approximate surface area is 101 Å². The Balaban J connectivity index is 1.88. The molecule has 0 bridgehead atoms. The predicted molar refractivity (Wildman–Crippen MR) is 69.8 cm³/mol. The van der Waals surface area contributed by atoms with Crippen molar-refractivity contribution >= 4 is 11.6 Å². The summed E-state index contributed by atoms with van der Waals surface area (Å²) in [5.74, 6) is 1.20. The van der Waals surface area contributed by atoms with E-state index in [-0.39, 0.29) is 0 Å². The molecule has 0 atom stereocenters. The van der Waals surface area contributed by atoms with Crippen molar-refractivity contribution < 1.29 is 0 Å². The van der Waals surface area contributed by atoms with Crippen LogP contribution in [-0.4, -0.2) is 16.5 Å². The standard InChI is InChI=1S/C13H16N4/c1-10-4-2-3-5-11(10)6-7-15-13-9-16-12(14)8-17-13/h2-5,8-9H,6-7H2,1H3,(H2,14,16)(H,15,17). The molecule has 3 N–H and O–H groups in total. The molecular weight excluding hydrogens is 212 g/mol. The minimum Gasteiger partial charge on any atom is -0.382 e. The van der Waals surface area contributed by atoms with Crippen molar-refractivity contribution in [3.63, 3.8) is 0 Å². The lowest BCUT2D eigenvalue weighted by molar-refractivity contribution is 0.989. The molecule has 17 heavy (non-hydrogen) atoms. The highest BCUT2D eigenvalue weighted by molar-refractivity contribution is 5.36. The van der Waals surface area contributed by atoms with E-state index >= 15 is 0 Å². The van der Waals surface area contributed by atoms with Gasteiger partial charge in [0, 0.05) is 6.54 Å². The van der Waals surface area contributed by atoms with Gasteiger partial charge < -0.3 is 11.1 Å². The maximum Gasteiger partial charge on any atom is 0.144 e. The third-order valence-electron chi connectivity index (χ3n) is 2.63. The van der Waals surface area contributed by atoms with Crippen molar-refractivity contribution in [2.75, 3.05) is 17.6 Å². The fourth-order valence-corrected chi connectivity index (χ4v) is 1.65. The van der Waals surface area contributed by atoms with Crippen LogP contribution in [-0.2, 0) is 6.42 Å². The topological polar surface area (TPSA) is 63.8 Å². The smallest absolute Gasteiger partial charge is 0.144 e. The van der Waals surface area contributed by atoms with Crippen molar-refractivity contribution in [3.05, 3.63) is 47.8 Å². The minimum absolute atomic E-state index is 0.439. The second kappa shape index (κ2) is 5.30. The van der Waals surface area contributed by atoms with Crippen LogP contribution in [0.4, 0.5) is 11.6 Å². The Hall–Kier alpha value is -2.10. The number of rotatable bonds is 4. The van der Waals surface area contributed by atoms with E-state index in [0.29, 0.717) is 5.82 Å². The average Bonchev–Trinajstić information content (AvgIpc) is 2.34. The summed E-state index contributed by atoms with van der Waals surface area (Å²) in [6.07, 6.45) is 4.17. The Morgan fingerprint density at radius 3 is 2.71 bits per heavy atom. The Morgan fingerprint density at radius 2 is 2.00 bits per heavy atom. The molecule has 0 radical (unpaired) electrons. The second-order valence-corrected chi connectivity index (χ2v) is 3.93. The van der Waals surface area contributed by atoms with Crippen LogP contribution >= 0.6 is 0 Å². The number of anilines is 2. The maximum atomic E-state index is 5.46. The van der Waals surface area contributed by atoms with Crippen molar-refractivity contribution in [1.82, 2.24) is 9.97 Å². The molecule has 1 heterocycles. The number of aryl methyl sites for hydroxylation is 1. The predicted octanol–water partition coefficient (Wildman–Crippen LogP) is 2.02. The summed E-state index contributed by atoms with van der Waals surface area (Å²) in [4.78, 5) is 8.11. The fraction of sp³-hybridized carbons (Fsp3) is 0.231. The highest BCUT2D eigenvalue weighted by Crippen LogP contribution is 2.08. The van der Waals surface area contributed by atoms with Gasteiger partial charge in [0.2, 0.25) is 0 Å². The van der Waals surface area contributed by atoms with Crippen LogP contribution < -0.4 is 11.1 Å². The average molecular weight is 228 g/mol. The molecule has 88 valence electrons. The van der Waals surface area contributed by atoms with Gasteiger partial charge in [0.05, 0.1) is 12.4 Å². The van der Waals surface area contributed by atoms with Crippen molar-refractivity contribution in [2.24, 2.45) is 0 Å². The Kier molecular flexibility index (Phi) is 3.55. The summed E-state index contributed by atoms with van der Waals surface area (Å²) in [5.41, 5.74) is 8.13. The van der Waals surface area contributed by atoms with E-state index in [0.717, 1.165) is 18.8 Å². The van der Waals surface area contributed by atoms with Crippen LogP contribution in [0.15, 0.2) is 36.7 Å². The van der Waals surface area contributed by atoms with Crippen molar-refractivity contribution in [2.45, 2.75) is 13.3 Å². The zero-order valence-electron chi connectivity index (χ0n) is 9.85. The molecule has 4 heteroatoms. The summed E-state index contributed by atoms with van der Waals surface area (Å²) in [6, 6.07) is 8.38. The molecule has 0 spiro atoms.